The maximum atomic E-state index is 13.1. The minimum absolute atomic E-state index is 0.00491. The van der Waals surface area contributed by atoms with Crippen LogP contribution in [-0.4, -0.2) is 45.4 Å². The Bertz CT molecular complexity index is 1330. The van der Waals surface area contributed by atoms with Crippen LogP contribution in [0.3, 0.4) is 0 Å². The van der Waals surface area contributed by atoms with E-state index in [1.165, 1.54) is 16.8 Å². The molecule has 2 heterocycles. The summed E-state index contributed by atoms with van der Waals surface area (Å²) in [5.41, 5.74) is 5.70. The number of rotatable bonds is 3. The van der Waals surface area contributed by atoms with Gasteiger partial charge in [0.05, 0.1) is 5.69 Å². The zero-order valence-electron chi connectivity index (χ0n) is 19.3. The fraction of sp³-hybridized carbons (Fsp3) is 0.269. The summed E-state index contributed by atoms with van der Waals surface area (Å²) in [5, 5.41) is 3.22. The first-order chi connectivity index (χ1) is 16.3. The number of aryl methyl sites for hydroxylation is 1. The summed E-state index contributed by atoms with van der Waals surface area (Å²) in [5.74, 6) is -0.00491. The second-order valence-electron chi connectivity index (χ2n) is 8.82. The maximum absolute atomic E-state index is 13.1. The number of para-hydroxylation sites is 1. The van der Waals surface area contributed by atoms with E-state index in [0.29, 0.717) is 24.3 Å². The van der Waals surface area contributed by atoms with Crippen molar-refractivity contribution < 1.29 is 13.2 Å². The predicted molar refractivity (Wildman–Crippen MR) is 134 cm³/mol. The van der Waals surface area contributed by atoms with Crippen molar-refractivity contribution in [3.8, 4) is 0 Å². The van der Waals surface area contributed by atoms with Crippen molar-refractivity contribution in [3.05, 3.63) is 89.0 Å². The standard InChI is InChI=1S/C26H28N4O3S/c1-18-6-5-8-23(19(18)2)29-14-16-30(17-15-29)26(31)21-12-10-20(11-13-21)25-27-22-7-3-4-9-24(22)34(32,33)28-25/h3-13,25,27-28H,14-17H2,1-2H3. The monoisotopic (exact) mass is 476 g/mol. The molecule has 0 aromatic heterocycles. The summed E-state index contributed by atoms with van der Waals surface area (Å²) in [6.45, 7) is 7.17. The van der Waals surface area contributed by atoms with Crippen LogP contribution in [0.5, 0.6) is 0 Å². The van der Waals surface area contributed by atoms with Gasteiger partial charge in [-0.05, 0) is 60.9 Å². The molecule has 7 nitrogen and oxygen atoms in total. The van der Waals surface area contributed by atoms with Crippen molar-refractivity contribution in [1.82, 2.24) is 9.62 Å². The largest absolute Gasteiger partial charge is 0.368 e. The summed E-state index contributed by atoms with van der Waals surface area (Å²) in [4.78, 5) is 17.6. The Morgan fingerprint density at radius 2 is 1.59 bits per heavy atom. The molecule has 0 saturated carbocycles. The Kier molecular flexibility index (Phi) is 5.79. The van der Waals surface area contributed by atoms with E-state index in [1.54, 1.807) is 48.5 Å². The molecule has 1 fully saturated rings. The Hall–Kier alpha value is -3.36. The molecule has 2 aliphatic heterocycles. The molecular weight excluding hydrogens is 448 g/mol. The maximum Gasteiger partial charge on any atom is 0.253 e. The van der Waals surface area contributed by atoms with Crippen LogP contribution in [0.2, 0.25) is 0 Å². The first kappa shape index (κ1) is 22.4. The normalized spacial score (nSPS) is 19.3. The predicted octanol–water partition coefficient (Wildman–Crippen LogP) is 3.67. The van der Waals surface area contributed by atoms with E-state index in [4.69, 9.17) is 0 Å². The lowest BCUT2D eigenvalue weighted by atomic mass is 10.1. The van der Waals surface area contributed by atoms with Crippen LogP contribution < -0.4 is 14.9 Å². The van der Waals surface area contributed by atoms with E-state index in [0.717, 1.165) is 18.7 Å². The molecule has 1 unspecified atom stereocenters. The molecule has 0 bridgehead atoms. The quantitative estimate of drug-likeness (QED) is 0.603. The number of carbonyl (C=O) groups excluding carboxylic acids is 1. The van der Waals surface area contributed by atoms with Gasteiger partial charge in [0.2, 0.25) is 10.0 Å². The lowest BCUT2D eigenvalue weighted by Crippen LogP contribution is -2.49. The lowest BCUT2D eigenvalue weighted by Gasteiger charge is -2.37. The number of anilines is 2. The van der Waals surface area contributed by atoms with Crippen LogP contribution >= 0.6 is 0 Å². The summed E-state index contributed by atoms with van der Waals surface area (Å²) in [6.07, 6.45) is -0.592. The summed E-state index contributed by atoms with van der Waals surface area (Å²) >= 11 is 0. The van der Waals surface area contributed by atoms with Crippen LogP contribution in [0.1, 0.15) is 33.2 Å². The van der Waals surface area contributed by atoms with E-state index in [-0.39, 0.29) is 10.8 Å². The van der Waals surface area contributed by atoms with Crippen LogP contribution in [0.25, 0.3) is 0 Å². The molecule has 1 amide bonds. The van der Waals surface area contributed by atoms with Crippen LogP contribution in [0.15, 0.2) is 71.6 Å². The number of carbonyl (C=O) groups is 1. The number of nitrogens with zero attached hydrogens (tertiary/aromatic N) is 2. The van der Waals surface area contributed by atoms with Crippen molar-refractivity contribution in [2.45, 2.75) is 24.9 Å². The van der Waals surface area contributed by atoms with Crippen molar-refractivity contribution in [2.75, 3.05) is 36.4 Å². The number of fused-ring (bicyclic) bond motifs is 1. The molecule has 176 valence electrons. The van der Waals surface area contributed by atoms with E-state index in [2.05, 4.69) is 47.0 Å². The third-order valence-electron chi connectivity index (χ3n) is 6.72. The average Bonchev–Trinajstić information content (AvgIpc) is 2.85. The van der Waals surface area contributed by atoms with Gasteiger partial charge in [0.1, 0.15) is 11.1 Å². The number of benzene rings is 3. The van der Waals surface area contributed by atoms with Gasteiger partial charge in [-0.1, -0.05) is 36.4 Å². The second-order valence-corrected chi connectivity index (χ2v) is 10.5. The Labute approximate surface area is 200 Å². The fourth-order valence-electron chi connectivity index (χ4n) is 4.60. The van der Waals surface area contributed by atoms with Gasteiger partial charge in [0.25, 0.3) is 5.91 Å². The van der Waals surface area contributed by atoms with Crippen molar-refractivity contribution in [3.63, 3.8) is 0 Å². The third kappa shape index (κ3) is 4.15. The molecule has 1 saturated heterocycles. The molecule has 0 aliphatic carbocycles. The van der Waals surface area contributed by atoms with Gasteiger partial charge >= 0.3 is 0 Å². The van der Waals surface area contributed by atoms with Gasteiger partial charge < -0.3 is 15.1 Å². The molecule has 3 aromatic carbocycles. The summed E-state index contributed by atoms with van der Waals surface area (Å²) in [7, 11) is -3.61. The SMILES string of the molecule is Cc1cccc(N2CCN(C(=O)c3ccc(C4Nc5ccccc5S(=O)(=O)N4)cc3)CC2)c1C. The molecule has 0 radical (unpaired) electrons. The second kappa shape index (κ2) is 8.77. The number of piperazine rings is 1. The zero-order chi connectivity index (χ0) is 23.9. The van der Waals surface area contributed by atoms with E-state index in [1.807, 2.05) is 4.90 Å². The number of nitrogens with one attached hydrogen (secondary N) is 2. The lowest BCUT2D eigenvalue weighted by molar-refractivity contribution is 0.0746. The molecule has 1 atom stereocenters. The number of sulfonamides is 1. The molecule has 34 heavy (non-hydrogen) atoms. The highest BCUT2D eigenvalue weighted by Gasteiger charge is 2.30. The van der Waals surface area contributed by atoms with Gasteiger partial charge in [0, 0.05) is 37.4 Å². The fourth-order valence-corrected chi connectivity index (χ4v) is 5.91. The number of amides is 1. The van der Waals surface area contributed by atoms with Gasteiger partial charge in [-0.3, -0.25) is 4.79 Å². The highest BCUT2D eigenvalue weighted by atomic mass is 32.2. The van der Waals surface area contributed by atoms with Gasteiger partial charge in [-0.2, -0.15) is 4.72 Å². The van der Waals surface area contributed by atoms with Crippen molar-refractivity contribution in [1.29, 1.82) is 0 Å². The molecule has 2 aliphatic rings. The minimum Gasteiger partial charge on any atom is -0.368 e. The highest BCUT2D eigenvalue weighted by Crippen LogP contribution is 2.31. The molecule has 8 heteroatoms. The van der Waals surface area contributed by atoms with E-state index in [9.17, 15) is 13.2 Å². The average molecular weight is 477 g/mol. The summed E-state index contributed by atoms with van der Waals surface area (Å²) in [6, 6.07) is 20.3. The van der Waals surface area contributed by atoms with Gasteiger partial charge in [-0.15, -0.1) is 0 Å². The highest BCUT2D eigenvalue weighted by molar-refractivity contribution is 7.89. The van der Waals surface area contributed by atoms with Crippen LogP contribution in [0, 0.1) is 13.8 Å². The topological polar surface area (TPSA) is 81.8 Å². The molecular formula is C26H28N4O3S. The third-order valence-corrected chi connectivity index (χ3v) is 8.21. The number of hydrogen-bond donors (Lipinski definition) is 2. The Morgan fingerprint density at radius 1 is 0.882 bits per heavy atom. The van der Waals surface area contributed by atoms with Crippen LogP contribution in [0.4, 0.5) is 11.4 Å². The Balaban J connectivity index is 1.26. The van der Waals surface area contributed by atoms with Gasteiger partial charge in [-0.25, -0.2) is 8.42 Å². The van der Waals surface area contributed by atoms with Gasteiger partial charge in [0.15, 0.2) is 0 Å². The zero-order valence-corrected chi connectivity index (χ0v) is 20.1. The summed E-state index contributed by atoms with van der Waals surface area (Å²) < 4.78 is 27.8. The molecule has 2 N–H and O–H groups in total. The first-order valence-corrected chi connectivity index (χ1v) is 12.9. The van der Waals surface area contributed by atoms with Crippen LogP contribution in [-0.2, 0) is 10.0 Å². The van der Waals surface area contributed by atoms with E-state index >= 15 is 0 Å². The number of hydrogen-bond acceptors (Lipinski definition) is 5. The van der Waals surface area contributed by atoms with E-state index < -0.39 is 16.2 Å². The molecule has 5 rings (SSSR count). The van der Waals surface area contributed by atoms with Crippen molar-refractivity contribution in [2.24, 2.45) is 0 Å². The Morgan fingerprint density at radius 3 is 2.32 bits per heavy atom. The first-order valence-electron chi connectivity index (χ1n) is 11.4. The minimum atomic E-state index is -3.61. The molecule has 0 spiro atoms. The smallest absolute Gasteiger partial charge is 0.253 e. The van der Waals surface area contributed by atoms with Crippen molar-refractivity contribution >= 4 is 27.3 Å². The molecule has 3 aromatic rings.